The predicted octanol–water partition coefficient (Wildman–Crippen LogP) is 0.917. The van der Waals surface area contributed by atoms with Gasteiger partial charge in [-0.25, -0.2) is 4.98 Å². The van der Waals surface area contributed by atoms with E-state index in [1.807, 2.05) is 17.8 Å². The van der Waals surface area contributed by atoms with E-state index in [9.17, 15) is 5.11 Å². The predicted molar refractivity (Wildman–Crippen MR) is 60.4 cm³/mol. The molecule has 0 saturated carbocycles. The molecule has 0 fully saturated rings. The van der Waals surface area contributed by atoms with E-state index in [1.54, 1.807) is 6.20 Å². The molecule has 1 aromatic heterocycles. The first-order valence-corrected chi connectivity index (χ1v) is 5.44. The second kappa shape index (κ2) is 5.88. The third-order valence-corrected chi connectivity index (χ3v) is 2.45. The lowest BCUT2D eigenvalue weighted by Crippen LogP contribution is -2.34. The van der Waals surface area contributed by atoms with E-state index < -0.39 is 0 Å². The molecule has 1 aromatic rings. The van der Waals surface area contributed by atoms with Gasteiger partial charge in [0.05, 0.1) is 13.2 Å². The molecule has 1 rings (SSSR count). The Morgan fingerprint density at radius 3 is 2.73 bits per heavy atom. The number of nitrogens with one attached hydrogen (secondary N) is 1. The van der Waals surface area contributed by atoms with Gasteiger partial charge in [0.1, 0.15) is 5.82 Å². The number of aliphatic hydroxyl groups is 1. The molecule has 0 aliphatic carbocycles. The first-order chi connectivity index (χ1) is 7.13. The van der Waals surface area contributed by atoms with E-state index in [2.05, 4.69) is 24.1 Å². The Kier molecular flexibility index (Phi) is 4.78. The third-order valence-electron chi connectivity index (χ3n) is 2.45. The summed E-state index contributed by atoms with van der Waals surface area (Å²) in [5.41, 5.74) is 0. The fraction of sp³-hybridized carbons (Fsp3) is 0.727. The molecule has 1 unspecified atom stereocenters. The van der Waals surface area contributed by atoms with Gasteiger partial charge in [-0.15, -0.1) is 0 Å². The molecule has 2 N–H and O–H groups in total. The quantitative estimate of drug-likeness (QED) is 0.735. The zero-order valence-electron chi connectivity index (χ0n) is 9.77. The summed E-state index contributed by atoms with van der Waals surface area (Å²) in [5.74, 6) is 1.59. The molecule has 0 aliphatic heterocycles. The maximum atomic E-state index is 9.18. The summed E-state index contributed by atoms with van der Waals surface area (Å²) in [6, 6.07) is 0.168. The van der Waals surface area contributed by atoms with Crippen LogP contribution in [-0.4, -0.2) is 27.3 Å². The minimum Gasteiger partial charge on any atom is -0.395 e. The number of nitrogens with zero attached hydrogens (tertiary/aromatic N) is 2. The molecular formula is C11H21N3O. The zero-order chi connectivity index (χ0) is 11.3. The molecule has 4 nitrogen and oxygen atoms in total. The van der Waals surface area contributed by atoms with E-state index in [-0.39, 0.29) is 12.6 Å². The summed E-state index contributed by atoms with van der Waals surface area (Å²) < 4.78 is 1.98. The van der Waals surface area contributed by atoms with Crippen molar-refractivity contribution >= 4 is 0 Å². The molecule has 86 valence electrons. The van der Waals surface area contributed by atoms with Gasteiger partial charge in [0.15, 0.2) is 0 Å². The van der Waals surface area contributed by atoms with Crippen LogP contribution in [0.1, 0.15) is 26.1 Å². The SMILES string of the molecule is CC(C)CC(CO)NCc1nccn1C. The number of imidazole rings is 1. The van der Waals surface area contributed by atoms with Crippen LogP contribution in [0.4, 0.5) is 0 Å². The standard InChI is InChI=1S/C11H21N3O/c1-9(2)6-10(8-15)13-7-11-12-4-5-14(11)3/h4-5,9-10,13,15H,6-8H2,1-3H3. The fourth-order valence-corrected chi connectivity index (χ4v) is 1.59. The van der Waals surface area contributed by atoms with Crippen molar-refractivity contribution in [2.45, 2.75) is 32.9 Å². The molecule has 0 aliphatic rings. The first kappa shape index (κ1) is 12.2. The van der Waals surface area contributed by atoms with Gasteiger partial charge in [-0.3, -0.25) is 0 Å². The van der Waals surface area contributed by atoms with Gasteiger partial charge in [0, 0.05) is 25.5 Å². The average molecular weight is 211 g/mol. The average Bonchev–Trinajstić information content (AvgIpc) is 2.58. The van der Waals surface area contributed by atoms with Crippen LogP contribution >= 0.6 is 0 Å². The Morgan fingerprint density at radius 1 is 1.53 bits per heavy atom. The fourth-order valence-electron chi connectivity index (χ4n) is 1.59. The number of aromatic nitrogens is 2. The van der Waals surface area contributed by atoms with Gasteiger partial charge >= 0.3 is 0 Å². The van der Waals surface area contributed by atoms with Gasteiger partial charge in [0.2, 0.25) is 0 Å². The Morgan fingerprint density at radius 2 is 2.27 bits per heavy atom. The number of aryl methyl sites for hydroxylation is 1. The summed E-state index contributed by atoms with van der Waals surface area (Å²) >= 11 is 0. The maximum absolute atomic E-state index is 9.18. The van der Waals surface area contributed by atoms with Crippen LogP contribution in [0.15, 0.2) is 12.4 Å². The normalized spacial score (nSPS) is 13.4. The van der Waals surface area contributed by atoms with E-state index in [1.165, 1.54) is 0 Å². The third kappa shape index (κ3) is 4.01. The number of aliphatic hydroxyl groups excluding tert-OH is 1. The topological polar surface area (TPSA) is 50.1 Å². The van der Waals surface area contributed by atoms with Crippen molar-refractivity contribution in [1.82, 2.24) is 14.9 Å². The molecule has 0 aromatic carbocycles. The Balaban J connectivity index is 2.37. The summed E-state index contributed by atoms with van der Waals surface area (Å²) in [5, 5.41) is 12.5. The van der Waals surface area contributed by atoms with Crippen LogP contribution in [0, 0.1) is 5.92 Å². The van der Waals surface area contributed by atoms with Crippen molar-refractivity contribution in [3.8, 4) is 0 Å². The lowest BCUT2D eigenvalue weighted by atomic mass is 10.0. The van der Waals surface area contributed by atoms with Crippen molar-refractivity contribution in [1.29, 1.82) is 0 Å². The molecule has 0 spiro atoms. The van der Waals surface area contributed by atoms with E-state index in [0.717, 1.165) is 12.2 Å². The molecule has 1 atom stereocenters. The highest BCUT2D eigenvalue weighted by Crippen LogP contribution is 2.05. The van der Waals surface area contributed by atoms with Gasteiger partial charge in [0.25, 0.3) is 0 Å². The van der Waals surface area contributed by atoms with Crippen molar-refractivity contribution in [3.05, 3.63) is 18.2 Å². The summed E-state index contributed by atoms with van der Waals surface area (Å²) in [4.78, 5) is 4.22. The second-order valence-corrected chi connectivity index (χ2v) is 4.34. The molecular weight excluding hydrogens is 190 g/mol. The lowest BCUT2D eigenvalue weighted by Gasteiger charge is -2.17. The van der Waals surface area contributed by atoms with Crippen molar-refractivity contribution in [3.63, 3.8) is 0 Å². The van der Waals surface area contributed by atoms with Crippen LogP contribution in [0.2, 0.25) is 0 Å². The lowest BCUT2D eigenvalue weighted by molar-refractivity contribution is 0.222. The van der Waals surface area contributed by atoms with Gasteiger partial charge in [-0.1, -0.05) is 13.8 Å². The van der Waals surface area contributed by atoms with Crippen LogP contribution < -0.4 is 5.32 Å². The minimum atomic E-state index is 0.168. The Labute approximate surface area is 91.3 Å². The highest BCUT2D eigenvalue weighted by atomic mass is 16.3. The minimum absolute atomic E-state index is 0.168. The Bertz CT molecular complexity index is 283. The van der Waals surface area contributed by atoms with Gasteiger partial charge in [-0.2, -0.15) is 0 Å². The monoisotopic (exact) mass is 211 g/mol. The second-order valence-electron chi connectivity index (χ2n) is 4.34. The van der Waals surface area contributed by atoms with E-state index >= 15 is 0 Å². The van der Waals surface area contributed by atoms with Crippen molar-refractivity contribution < 1.29 is 5.11 Å². The molecule has 1 heterocycles. The van der Waals surface area contributed by atoms with Gasteiger partial charge in [-0.05, 0) is 12.3 Å². The first-order valence-electron chi connectivity index (χ1n) is 5.44. The van der Waals surface area contributed by atoms with Crippen LogP contribution in [-0.2, 0) is 13.6 Å². The summed E-state index contributed by atoms with van der Waals surface area (Å²) in [7, 11) is 1.97. The molecule has 0 bridgehead atoms. The highest BCUT2D eigenvalue weighted by molar-refractivity contribution is 4.90. The smallest absolute Gasteiger partial charge is 0.122 e. The largest absolute Gasteiger partial charge is 0.395 e. The molecule has 4 heteroatoms. The molecule has 0 saturated heterocycles. The number of hydrogen-bond acceptors (Lipinski definition) is 3. The van der Waals surface area contributed by atoms with Crippen LogP contribution in [0.5, 0.6) is 0 Å². The van der Waals surface area contributed by atoms with E-state index in [0.29, 0.717) is 12.5 Å². The highest BCUT2D eigenvalue weighted by Gasteiger charge is 2.09. The van der Waals surface area contributed by atoms with Crippen molar-refractivity contribution in [2.75, 3.05) is 6.61 Å². The zero-order valence-corrected chi connectivity index (χ0v) is 9.77. The Hall–Kier alpha value is -0.870. The van der Waals surface area contributed by atoms with Gasteiger partial charge < -0.3 is 15.0 Å². The number of hydrogen-bond donors (Lipinski definition) is 2. The molecule has 0 amide bonds. The molecule has 15 heavy (non-hydrogen) atoms. The van der Waals surface area contributed by atoms with Crippen molar-refractivity contribution in [2.24, 2.45) is 13.0 Å². The van der Waals surface area contributed by atoms with E-state index in [4.69, 9.17) is 0 Å². The summed E-state index contributed by atoms with van der Waals surface area (Å²) in [6.07, 6.45) is 4.70. The molecule has 0 radical (unpaired) electrons. The maximum Gasteiger partial charge on any atom is 0.122 e. The summed E-state index contributed by atoms with van der Waals surface area (Å²) in [6.45, 7) is 5.21. The van der Waals surface area contributed by atoms with Crippen LogP contribution in [0.3, 0.4) is 0 Å². The number of rotatable bonds is 6. The van der Waals surface area contributed by atoms with Crippen LogP contribution in [0.25, 0.3) is 0 Å².